The van der Waals surface area contributed by atoms with E-state index in [0.29, 0.717) is 6.42 Å². The Morgan fingerprint density at radius 3 is 2.81 bits per heavy atom. The van der Waals surface area contributed by atoms with Crippen molar-refractivity contribution in [1.29, 1.82) is 0 Å². The summed E-state index contributed by atoms with van der Waals surface area (Å²) in [5, 5.41) is 11.0. The second-order valence-corrected chi connectivity index (χ2v) is 5.34. The van der Waals surface area contributed by atoms with Crippen LogP contribution in [0.4, 0.5) is 11.5 Å². The van der Waals surface area contributed by atoms with Crippen molar-refractivity contribution in [3.05, 3.63) is 41.6 Å². The highest BCUT2D eigenvalue weighted by Gasteiger charge is 2.24. The Morgan fingerprint density at radius 2 is 2.10 bits per heavy atom. The molecule has 1 aromatic carbocycles. The van der Waals surface area contributed by atoms with Gasteiger partial charge in [0.2, 0.25) is 5.91 Å². The van der Waals surface area contributed by atoms with E-state index >= 15 is 0 Å². The fourth-order valence-electron chi connectivity index (χ4n) is 2.77. The van der Waals surface area contributed by atoms with Gasteiger partial charge in [-0.1, -0.05) is 37.3 Å². The van der Waals surface area contributed by atoms with Gasteiger partial charge in [-0.25, -0.2) is 0 Å². The van der Waals surface area contributed by atoms with Crippen LogP contribution in [0.5, 0.6) is 0 Å². The van der Waals surface area contributed by atoms with Crippen molar-refractivity contribution in [2.45, 2.75) is 32.2 Å². The third-order valence-corrected chi connectivity index (χ3v) is 3.89. The standard InChI is InChI=1S/C16H20N4O/c1-3-12-15-16(20(2)19-12)17-13(9-10-14(21)18-15)11-7-5-4-6-8-11/h4-8,13,17H,3,9-10H2,1-2H3,(H,18,21). The third-order valence-electron chi connectivity index (χ3n) is 3.89. The van der Waals surface area contributed by atoms with Crippen molar-refractivity contribution in [1.82, 2.24) is 9.78 Å². The Labute approximate surface area is 124 Å². The highest BCUT2D eigenvalue weighted by molar-refractivity contribution is 5.95. The highest BCUT2D eigenvalue weighted by atomic mass is 16.1. The second kappa shape index (κ2) is 5.60. The average molecular weight is 284 g/mol. The van der Waals surface area contributed by atoms with E-state index in [4.69, 9.17) is 0 Å². The number of hydrogen-bond acceptors (Lipinski definition) is 3. The van der Waals surface area contributed by atoms with Crippen LogP contribution in [-0.4, -0.2) is 15.7 Å². The van der Waals surface area contributed by atoms with Crippen LogP contribution in [0.2, 0.25) is 0 Å². The minimum Gasteiger partial charge on any atom is -0.362 e. The lowest BCUT2D eigenvalue weighted by atomic mass is 10.0. The molecule has 1 aromatic heterocycles. The zero-order chi connectivity index (χ0) is 14.8. The Hall–Kier alpha value is -2.30. The highest BCUT2D eigenvalue weighted by Crippen LogP contribution is 2.33. The number of rotatable bonds is 2. The van der Waals surface area contributed by atoms with Gasteiger partial charge in [-0.2, -0.15) is 5.10 Å². The van der Waals surface area contributed by atoms with Gasteiger partial charge in [0.15, 0.2) is 0 Å². The number of hydrogen-bond donors (Lipinski definition) is 2. The zero-order valence-corrected chi connectivity index (χ0v) is 12.4. The maximum Gasteiger partial charge on any atom is 0.224 e. The minimum atomic E-state index is 0.0568. The SMILES string of the molecule is CCc1nn(C)c2c1NC(=O)CCC(c1ccccc1)N2. The van der Waals surface area contributed by atoms with Crippen LogP contribution in [0.1, 0.15) is 37.1 Å². The molecule has 2 heterocycles. The molecule has 5 heteroatoms. The molecule has 1 aliphatic rings. The van der Waals surface area contributed by atoms with Crippen LogP contribution < -0.4 is 10.6 Å². The third kappa shape index (κ3) is 2.63. The summed E-state index contributed by atoms with van der Waals surface area (Å²) in [4.78, 5) is 12.1. The molecule has 0 fully saturated rings. The molecular weight excluding hydrogens is 264 g/mol. The van der Waals surface area contributed by atoms with Crippen LogP contribution in [0.25, 0.3) is 0 Å². The number of amides is 1. The van der Waals surface area contributed by atoms with Crippen molar-refractivity contribution >= 4 is 17.4 Å². The Morgan fingerprint density at radius 1 is 1.33 bits per heavy atom. The molecule has 1 atom stereocenters. The Bertz CT molecular complexity index is 648. The molecule has 0 bridgehead atoms. The fourth-order valence-corrected chi connectivity index (χ4v) is 2.77. The van der Waals surface area contributed by atoms with E-state index < -0.39 is 0 Å². The number of benzene rings is 1. The first-order chi connectivity index (χ1) is 10.2. The van der Waals surface area contributed by atoms with Gasteiger partial charge in [-0.3, -0.25) is 9.48 Å². The predicted octanol–water partition coefficient (Wildman–Crippen LogP) is 2.87. The van der Waals surface area contributed by atoms with Crippen molar-refractivity contribution in [2.24, 2.45) is 7.05 Å². The summed E-state index contributed by atoms with van der Waals surface area (Å²) in [6.45, 7) is 2.04. The van der Waals surface area contributed by atoms with Crippen molar-refractivity contribution in [3.63, 3.8) is 0 Å². The van der Waals surface area contributed by atoms with Crippen LogP contribution in [0.15, 0.2) is 30.3 Å². The van der Waals surface area contributed by atoms with E-state index in [-0.39, 0.29) is 11.9 Å². The lowest BCUT2D eigenvalue weighted by Gasteiger charge is -2.24. The van der Waals surface area contributed by atoms with Crippen LogP contribution in [0, 0.1) is 0 Å². The smallest absolute Gasteiger partial charge is 0.224 e. The Balaban J connectivity index is 2.01. The van der Waals surface area contributed by atoms with Crippen LogP contribution in [0.3, 0.4) is 0 Å². The summed E-state index contributed by atoms with van der Waals surface area (Å²) in [6, 6.07) is 10.4. The van der Waals surface area contributed by atoms with Crippen LogP contribution in [-0.2, 0) is 18.3 Å². The van der Waals surface area contributed by atoms with Gasteiger partial charge in [0.1, 0.15) is 11.5 Å². The monoisotopic (exact) mass is 284 g/mol. The van der Waals surface area contributed by atoms with Crippen molar-refractivity contribution in [3.8, 4) is 0 Å². The summed E-state index contributed by atoms with van der Waals surface area (Å²) >= 11 is 0. The fraction of sp³-hybridized carbons (Fsp3) is 0.375. The molecule has 3 rings (SSSR count). The van der Waals surface area contributed by atoms with E-state index in [9.17, 15) is 4.79 Å². The number of anilines is 2. The van der Waals surface area contributed by atoms with Gasteiger partial charge in [-0.05, 0) is 18.4 Å². The van der Waals surface area contributed by atoms with Gasteiger partial charge in [-0.15, -0.1) is 0 Å². The number of aromatic nitrogens is 2. The first-order valence-electron chi connectivity index (χ1n) is 7.36. The topological polar surface area (TPSA) is 59.0 Å². The molecule has 0 saturated carbocycles. The molecule has 5 nitrogen and oxygen atoms in total. The molecule has 0 spiro atoms. The number of fused-ring (bicyclic) bond motifs is 1. The van der Waals surface area contributed by atoms with Crippen LogP contribution >= 0.6 is 0 Å². The molecule has 21 heavy (non-hydrogen) atoms. The molecular formula is C16H20N4O. The lowest BCUT2D eigenvalue weighted by Crippen LogP contribution is -2.22. The van der Waals surface area contributed by atoms with E-state index in [1.165, 1.54) is 5.56 Å². The second-order valence-electron chi connectivity index (χ2n) is 5.34. The normalized spacial score (nSPS) is 18.2. The largest absolute Gasteiger partial charge is 0.362 e. The van der Waals surface area contributed by atoms with E-state index in [1.807, 2.05) is 36.9 Å². The van der Waals surface area contributed by atoms with Crippen molar-refractivity contribution in [2.75, 3.05) is 10.6 Å². The Kier molecular flexibility index (Phi) is 3.64. The van der Waals surface area contributed by atoms with E-state index in [2.05, 4.69) is 27.9 Å². The molecule has 1 amide bonds. The number of nitrogens with one attached hydrogen (secondary N) is 2. The van der Waals surface area contributed by atoms with Crippen molar-refractivity contribution < 1.29 is 4.79 Å². The molecule has 0 aliphatic carbocycles. The average Bonchev–Trinajstić information content (AvgIpc) is 2.77. The number of carbonyl (C=O) groups excluding carboxylic acids is 1. The number of carbonyl (C=O) groups is 1. The minimum absolute atomic E-state index is 0.0568. The molecule has 2 aromatic rings. The lowest BCUT2D eigenvalue weighted by molar-refractivity contribution is -0.116. The number of aryl methyl sites for hydroxylation is 2. The van der Waals surface area contributed by atoms with Gasteiger partial charge < -0.3 is 10.6 Å². The molecule has 2 N–H and O–H groups in total. The van der Waals surface area contributed by atoms with Gasteiger partial charge in [0.25, 0.3) is 0 Å². The molecule has 0 radical (unpaired) electrons. The first kappa shape index (κ1) is 13.7. The predicted molar refractivity (Wildman–Crippen MR) is 83.3 cm³/mol. The molecule has 110 valence electrons. The summed E-state index contributed by atoms with van der Waals surface area (Å²) < 4.78 is 1.82. The molecule has 1 unspecified atom stereocenters. The first-order valence-corrected chi connectivity index (χ1v) is 7.36. The van der Waals surface area contributed by atoms with Gasteiger partial charge in [0, 0.05) is 13.5 Å². The molecule has 1 aliphatic heterocycles. The van der Waals surface area contributed by atoms with Gasteiger partial charge >= 0.3 is 0 Å². The quantitative estimate of drug-likeness (QED) is 0.891. The van der Waals surface area contributed by atoms with Gasteiger partial charge in [0.05, 0.1) is 11.7 Å². The summed E-state index contributed by atoms with van der Waals surface area (Å²) in [5.41, 5.74) is 2.94. The summed E-state index contributed by atoms with van der Waals surface area (Å²) in [7, 11) is 1.90. The van der Waals surface area contributed by atoms with E-state index in [1.54, 1.807) is 0 Å². The summed E-state index contributed by atoms with van der Waals surface area (Å²) in [6.07, 6.45) is 2.06. The summed E-state index contributed by atoms with van der Waals surface area (Å²) in [5.74, 6) is 0.940. The maximum atomic E-state index is 12.1. The van der Waals surface area contributed by atoms with E-state index in [0.717, 1.165) is 30.0 Å². The molecule has 0 saturated heterocycles. The number of nitrogens with zero attached hydrogens (tertiary/aromatic N) is 2. The zero-order valence-electron chi connectivity index (χ0n) is 12.4. The maximum absolute atomic E-state index is 12.1.